The third kappa shape index (κ3) is 4.41. The molecular formula is C30H25N3O6. The van der Waals surface area contributed by atoms with Gasteiger partial charge < -0.3 is 18.8 Å². The zero-order valence-corrected chi connectivity index (χ0v) is 21.3. The number of carbonyl (C=O) groups is 2. The lowest BCUT2D eigenvalue weighted by Crippen LogP contribution is -2.19. The number of aromatic nitrogens is 2. The topological polar surface area (TPSA) is 128 Å². The summed E-state index contributed by atoms with van der Waals surface area (Å²) in [6.45, 7) is 3.50. The molecule has 6 rings (SSSR count). The Morgan fingerprint density at radius 1 is 1.00 bits per heavy atom. The van der Waals surface area contributed by atoms with Crippen LogP contribution in [0.3, 0.4) is 0 Å². The molecule has 0 spiro atoms. The van der Waals surface area contributed by atoms with Crippen LogP contribution >= 0.6 is 0 Å². The number of amides is 1. The fraction of sp³-hybridized carbons (Fsp3) is 0.200. The molecule has 9 heteroatoms. The van der Waals surface area contributed by atoms with E-state index in [1.165, 1.54) is 6.39 Å². The van der Waals surface area contributed by atoms with Gasteiger partial charge in [0.15, 0.2) is 17.7 Å². The molecule has 2 heterocycles. The smallest absolute Gasteiger partial charge is 0.412 e. The Bertz CT molecular complexity index is 1680. The van der Waals surface area contributed by atoms with Crippen molar-refractivity contribution in [3.63, 3.8) is 0 Å². The monoisotopic (exact) mass is 523 g/mol. The molecule has 9 nitrogen and oxygen atoms in total. The van der Waals surface area contributed by atoms with Crippen molar-refractivity contribution in [1.29, 1.82) is 0 Å². The van der Waals surface area contributed by atoms with Crippen molar-refractivity contribution in [2.45, 2.75) is 38.2 Å². The summed E-state index contributed by atoms with van der Waals surface area (Å²) >= 11 is 0. The highest BCUT2D eigenvalue weighted by atomic mass is 16.6. The zero-order chi connectivity index (χ0) is 27.1. The number of nitrogens with one attached hydrogen (secondary N) is 1. The first-order valence-corrected chi connectivity index (χ1v) is 12.6. The van der Waals surface area contributed by atoms with E-state index in [9.17, 15) is 14.7 Å². The zero-order valence-electron chi connectivity index (χ0n) is 21.3. The standard InChI is InChI=1S/C30H25N3O6/c1-17-25(32-29(36)38-18(2)23-4-3-5-24-27(23)37-16-31-24)26(39-33-17)21-8-6-19(7-9-21)20-10-12-22(13-11-20)30(14-15-30)28(34)35/h3-13,16,18H,14-15H2,1-2H3,(H,32,36)(H,34,35). The maximum Gasteiger partial charge on any atom is 0.412 e. The minimum atomic E-state index is -0.767. The van der Waals surface area contributed by atoms with E-state index >= 15 is 0 Å². The summed E-state index contributed by atoms with van der Waals surface area (Å²) in [5.41, 5.74) is 5.68. The van der Waals surface area contributed by atoms with Gasteiger partial charge in [0, 0.05) is 11.1 Å². The molecule has 0 aliphatic heterocycles. The van der Waals surface area contributed by atoms with E-state index in [2.05, 4.69) is 15.5 Å². The first-order chi connectivity index (χ1) is 18.9. The summed E-state index contributed by atoms with van der Waals surface area (Å²) < 4.78 is 16.6. The van der Waals surface area contributed by atoms with Crippen LogP contribution in [0.2, 0.25) is 0 Å². The highest BCUT2D eigenvalue weighted by Gasteiger charge is 2.51. The van der Waals surface area contributed by atoms with Gasteiger partial charge in [-0.2, -0.15) is 0 Å². The van der Waals surface area contributed by atoms with Gasteiger partial charge >= 0.3 is 12.1 Å². The number of carboxylic acid groups (broad SMARTS) is 1. The molecular weight excluding hydrogens is 498 g/mol. The van der Waals surface area contributed by atoms with Crippen LogP contribution in [0.4, 0.5) is 10.5 Å². The van der Waals surface area contributed by atoms with Crippen molar-refractivity contribution >= 4 is 28.8 Å². The molecule has 196 valence electrons. The molecule has 1 unspecified atom stereocenters. The molecule has 39 heavy (non-hydrogen) atoms. The number of fused-ring (bicyclic) bond motifs is 1. The molecule has 2 N–H and O–H groups in total. The summed E-state index contributed by atoms with van der Waals surface area (Å²) in [5, 5.41) is 16.3. The molecule has 3 aromatic carbocycles. The second-order valence-electron chi connectivity index (χ2n) is 9.73. The van der Waals surface area contributed by atoms with Crippen LogP contribution in [0.1, 0.15) is 42.7 Å². The van der Waals surface area contributed by atoms with Crippen molar-refractivity contribution in [1.82, 2.24) is 10.1 Å². The molecule has 0 bridgehead atoms. The normalized spacial score (nSPS) is 14.6. The molecule has 2 aromatic heterocycles. The van der Waals surface area contributed by atoms with E-state index in [4.69, 9.17) is 13.7 Å². The highest BCUT2D eigenvalue weighted by Crippen LogP contribution is 2.48. The molecule has 5 aromatic rings. The van der Waals surface area contributed by atoms with Gasteiger partial charge in [0.05, 0.1) is 5.41 Å². The quantitative estimate of drug-likeness (QED) is 0.236. The average Bonchev–Trinajstić information content (AvgIpc) is 3.49. The number of carboxylic acids is 1. The Labute approximate surface area is 223 Å². The molecule has 1 amide bonds. The number of nitrogens with zero attached hydrogens (tertiary/aromatic N) is 2. The van der Waals surface area contributed by atoms with Crippen LogP contribution in [-0.2, 0) is 14.9 Å². The predicted octanol–water partition coefficient (Wildman–Crippen LogP) is 6.88. The molecule has 1 fully saturated rings. The van der Waals surface area contributed by atoms with E-state index < -0.39 is 23.6 Å². The van der Waals surface area contributed by atoms with Gasteiger partial charge in [0.2, 0.25) is 0 Å². The van der Waals surface area contributed by atoms with Crippen LogP contribution in [-0.4, -0.2) is 27.3 Å². The van der Waals surface area contributed by atoms with Gasteiger partial charge in [-0.15, -0.1) is 0 Å². The second kappa shape index (κ2) is 9.43. The van der Waals surface area contributed by atoms with E-state index in [-0.39, 0.29) is 0 Å². The van der Waals surface area contributed by atoms with Crippen molar-refractivity contribution in [3.05, 3.63) is 89.9 Å². The van der Waals surface area contributed by atoms with E-state index in [1.54, 1.807) is 13.8 Å². The van der Waals surface area contributed by atoms with Crippen LogP contribution in [0.15, 0.2) is 82.1 Å². The molecule has 1 saturated carbocycles. The van der Waals surface area contributed by atoms with Crippen LogP contribution in [0.25, 0.3) is 33.6 Å². The van der Waals surface area contributed by atoms with Crippen molar-refractivity contribution in [2.24, 2.45) is 0 Å². The summed E-state index contributed by atoms with van der Waals surface area (Å²) in [6.07, 6.45) is 1.47. The van der Waals surface area contributed by atoms with Crippen LogP contribution in [0.5, 0.6) is 0 Å². The van der Waals surface area contributed by atoms with Gasteiger partial charge in [-0.1, -0.05) is 65.8 Å². The predicted molar refractivity (Wildman–Crippen MR) is 143 cm³/mol. The number of ether oxygens (including phenoxy) is 1. The molecule has 1 aliphatic carbocycles. The summed E-state index contributed by atoms with van der Waals surface area (Å²) in [4.78, 5) is 28.6. The van der Waals surface area contributed by atoms with Gasteiger partial charge in [-0.3, -0.25) is 10.1 Å². The lowest BCUT2D eigenvalue weighted by atomic mass is 9.93. The van der Waals surface area contributed by atoms with Gasteiger partial charge in [-0.25, -0.2) is 9.78 Å². The molecule has 0 radical (unpaired) electrons. The third-order valence-electron chi connectivity index (χ3n) is 7.28. The highest BCUT2D eigenvalue weighted by molar-refractivity contribution is 5.91. The molecule has 1 atom stereocenters. The minimum absolute atomic E-state index is 0.411. The number of rotatable bonds is 7. The fourth-order valence-corrected chi connectivity index (χ4v) is 4.84. The number of oxazole rings is 1. The first-order valence-electron chi connectivity index (χ1n) is 12.6. The summed E-state index contributed by atoms with van der Waals surface area (Å²) in [5.74, 6) is -0.356. The lowest BCUT2D eigenvalue weighted by molar-refractivity contribution is -0.140. The number of hydrogen-bond acceptors (Lipinski definition) is 7. The number of carbonyl (C=O) groups excluding carboxylic acids is 1. The number of aryl methyl sites for hydroxylation is 1. The summed E-state index contributed by atoms with van der Waals surface area (Å²) in [7, 11) is 0. The van der Waals surface area contributed by atoms with E-state index in [0.717, 1.165) is 22.3 Å². The van der Waals surface area contributed by atoms with Crippen molar-refractivity contribution in [2.75, 3.05) is 5.32 Å². The Balaban J connectivity index is 1.17. The fourth-order valence-electron chi connectivity index (χ4n) is 4.84. The number of hydrogen-bond donors (Lipinski definition) is 2. The SMILES string of the molecule is Cc1noc(-c2ccc(-c3ccc(C4(C(=O)O)CC4)cc3)cc2)c1NC(=O)OC(C)c1cccc2ncoc12. The Kier molecular flexibility index (Phi) is 5.91. The molecule has 1 aliphatic rings. The van der Waals surface area contributed by atoms with Gasteiger partial charge in [-0.05, 0) is 49.4 Å². The van der Waals surface area contributed by atoms with Gasteiger partial charge in [0.25, 0.3) is 0 Å². The number of benzene rings is 3. The van der Waals surface area contributed by atoms with E-state index in [0.29, 0.717) is 46.6 Å². The van der Waals surface area contributed by atoms with Crippen LogP contribution < -0.4 is 5.32 Å². The Morgan fingerprint density at radius 3 is 2.33 bits per heavy atom. The average molecular weight is 524 g/mol. The summed E-state index contributed by atoms with van der Waals surface area (Å²) in [6, 6.07) is 20.8. The molecule has 0 saturated heterocycles. The lowest BCUT2D eigenvalue weighted by Gasteiger charge is -2.14. The number of anilines is 1. The number of aliphatic carboxylic acids is 1. The minimum Gasteiger partial charge on any atom is -0.481 e. The van der Waals surface area contributed by atoms with Gasteiger partial charge in [0.1, 0.15) is 23.0 Å². The number of para-hydroxylation sites is 1. The first kappa shape index (κ1) is 24.4. The maximum atomic E-state index is 12.8. The van der Waals surface area contributed by atoms with Crippen molar-refractivity contribution < 1.29 is 28.4 Å². The third-order valence-corrected chi connectivity index (χ3v) is 7.28. The maximum absolute atomic E-state index is 12.8. The largest absolute Gasteiger partial charge is 0.481 e. The van der Waals surface area contributed by atoms with Crippen molar-refractivity contribution in [3.8, 4) is 22.5 Å². The van der Waals surface area contributed by atoms with Crippen LogP contribution in [0, 0.1) is 6.92 Å². The van der Waals surface area contributed by atoms with E-state index in [1.807, 2.05) is 66.7 Å². The second-order valence-corrected chi connectivity index (χ2v) is 9.73. The Morgan fingerprint density at radius 2 is 1.67 bits per heavy atom. The Hall–Kier alpha value is -4.92.